The summed E-state index contributed by atoms with van der Waals surface area (Å²) in [5.74, 6) is 1.48. The van der Waals surface area contributed by atoms with Crippen molar-refractivity contribution in [1.29, 1.82) is 0 Å². The third-order valence-corrected chi connectivity index (χ3v) is 5.06. The maximum absolute atomic E-state index is 12.5. The quantitative estimate of drug-likeness (QED) is 0.761. The molecule has 6 nitrogen and oxygen atoms in total. The average molecular weight is 352 g/mol. The highest BCUT2D eigenvalue weighted by molar-refractivity contribution is 5.73. The van der Waals surface area contributed by atoms with Crippen LogP contribution in [0.15, 0.2) is 35.3 Å². The summed E-state index contributed by atoms with van der Waals surface area (Å²) < 4.78 is 7.65. The average Bonchev–Trinajstić information content (AvgIpc) is 3.09. The number of benzene rings is 1. The van der Waals surface area contributed by atoms with E-state index >= 15 is 0 Å². The molecule has 0 atom stereocenters. The van der Waals surface area contributed by atoms with Crippen molar-refractivity contribution in [1.82, 2.24) is 19.7 Å². The van der Waals surface area contributed by atoms with E-state index in [1.54, 1.807) is 6.20 Å². The molecular formula is C20H24N4O2. The van der Waals surface area contributed by atoms with Crippen molar-refractivity contribution in [3.63, 3.8) is 0 Å². The molecule has 0 saturated heterocycles. The van der Waals surface area contributed by atoms with Crippen molar-refractivity contribution in [2.75, 3.05) is 6.61 Å². The van der Waals surface area contributed by atoms with E-state index in [0.29, 0.717) is 35.9 Å². The number of aromatic amines is 1. The van der Waals surface area contributed by atoms with Crippen LogP contribution < -0.4 is 10.3 Å². The molecule has 0 radical (unpaired) electrons. The minimum atomic E-state index is -0.124. The van der Waals surface area contributed by atoms with E-state index in [-0.39, 0.29) is 5.56 Å². The van der Waals surface area contributed by atoms with Crippen LogP contribution in [0.2, 0.25) is 0 Å². The van der Waals surface area contributed by atoms with Crippen LogP contribution >= 0.6 is 0 Å². The zero-order valence-corrected chi connectivity index (χ0v) is 15.1. The SMILES string of the molecule is CCOc1ccccc1Cc1nc2c(cnn2C2CCCCC2)c(=O)[nH]1. The Morgan fingerprint density at radius 1 is 1.23 bits per heavy atom. The summed E-state index contributed by atoms with van der Waals surface area (Å²) >= 11 is 0. The zero-order valence-electron chi connectivity index (χ0n) is 15.1. The van der Waals surface area contributed by atoms with Crippen molar-refractivity contribution in [2.45, 2.75) is 51.5 Å². The Labute approximate surface area is 152 Å². The number of fused-ring (bicyclic) bond motifs is 1. The molecule has 1 aromatic carbocycles. The second-order valence-corrected chi connectivity index (χ2v) is 6.85. The first-order chi connectivity index (χ1) is 12.8. The van der Waals surface area contributed by atoms with E-state index in [9.17, 15) is 4.79 Å². The van der Waals surface area contributed by atoms with Gasteiger partial charge in [0, 0.05) is 12.0 Å². The lowest BCUT2D eigenvalue weighted by atomic mass is 9.96. The lowest BCUT2D eigenvalue weighted by Gasteiger charge is -2.22. The van der Waals surface area contributed by atoms with E-state index < -0.39 is 0 Å². The number of ether oxygens (including phenoxy) is 1. The third-order valence-electron chi connectivity index (χ3n) is 5.06. The monoisotopic (exact) mass is 352 g/mol. The molecule has 0 bridgehead atoms. The van der Waals surface area contributed by atoms with Crippen molar-refractivity contribution in [3.05, 3.63) is 52.2 Å². The van der Waals surface area contributed by atoms with Gasteiger partial charge in [-0.15, -0.1) is 0 Å². The summed E-state index contributed by atoms with van der Waals surface area (Å²) in [5.41, 5.74) is 1.59. The Morgan fingerprint density at radius 3 is 2.85 bits per heavy atom. The van der Waals surface area contributed by atoms with Gasteiger partial charge >= 0.3 is 0 Å². The van der Waals surface area contributed by atoms with E-state index in [1.165, 1.54) is 19.3 Å². The van der Waals surface area contributed by atoms with Crippen LogP contribution in [0.4, 0.5) is 0 Å². The lowest BCUT2D eigenvalue weighted by Crippen LogP contribution is -2.17. The molecule has 0 spiro atoms. The van der Waals surface area contributed by atoms with Crippen LogP contribution in [0.3, 0.4) is 0 Å². The standard InChI is InChI=1S/C20H24N4O2/c1-2-26-17-11-7-6-8-14(17)12-18-22-19-16(20(25)23-18)13-21-24(19)15-9-4-3-5-10-15/h6-8,11,13,15H,2-5,9-10,12H2,1H3,(H,22,23,25). The number of hydrogen-bond acceptors (Lipinski definition) is 4. The van der Waals surface area contributed by atoms with Gasteiger partial charge in [-0.2, -0.15) is 5.10 Å². The molecule has 1 saturated carbocycles. The molecule has 0 unspecified atom stereocenters. The van der Waals surface area contributed by atoms with Crippen LogP contribution in [0.25, 0.3) is 11.0 Å². The van der Waals surface area contributed by atoms with Gasteiger partial charge in [-0.25, -0.2) is 9.67 Å². The van der Waals surface area contributed by atoms with Crippen molar-refractivity contribution in [2.24, 2.45) is 0 Å². The Balaban J connectivity index is 1.71. The number of H-pyrrole nitrogens is 1. The molecule has 1 aliphatic rings. The lowest BCUT2D eigenvalue weighted by molar-refractivity contribution is 0.335. The molecule has 4 rings (SSSR count). The molecule has 2 aromatic heterocycles. The fraction of sp³-hybridized carbons (Fsp3) is 0.450. The normalized spacial score (nSPS) is 15.4. The predicted molar refractivity (Wildman–Crippen MR) is 101 cm³/mol. The highest BCUT2D eigenvalue weighted by atomic mass is 16.5. The van der Waals surface area contributed by atoms with Crippen LogP contribution in [-0.4, -0.2) is 26.4 Å². The smallest absolute Gasteiger partial charge is 0.262 e. The van der Waals surface area contributed by atoms with Crippen molar-refractivity contribution in [3.8, 4) is 5.75 Å². The number of para-hydroxylation sites is 1. The number of nitrogens with one attached hydrogen (secondary N) is 1. The summed E-state index contributed by atoms with van der Waals surface area (Å²) in [6, 6.07) is 8.22. The number of hydrogen-bond donors (Lipinski definition) is 1. The van der Waals surface area contributed by atoms with Gasteiger partial charge in [0.15, 0.2) is 5.65 Å². The topological polar surface area (TPSA) is 72.8 Å². The Hall–Kier alpha value is -2.63. The van der Waals surface area contributed by atoms with E-state index in [4.69, 9.17) is 9.72 Å². The van der Waals surface area contributed by atoms with Crippen LogP contribution in [0.1, 0.15) is 56.5 Å². The van der Waals surface area contributed by atoms with Crippen LogP contribution in [-0.2, 0) is 6.42 Å². The second kappa shape index (κ2) is 7.32. The molecule has 1 N–H and O–H groups in total. The van der Waals surface area contributed by atoms with Gasteiger partial charge in [-0.05, 0) is 25.8 Å². The maximum atomic E-state index is 12.5. The molecule has 1 fully saturated rings. The van der Waals surface area contributed by atoms with Gasteiger partial charge in [-0.1, -0.05) is 37.5 Å². The minimum absolute atomic E-state index is 0.124. The summed E-state index contributed by atoms with van der Waals surface area (Å²) in [6.07, 6.45) is 8.09. The van der Waals surface area contributed by atoms with Gasteiger partial charge < -0.3 is 9.72 Å². The molecule has 2 heterocycles. The summed E-state index contributed by atoms with van der Waals surface area (Å²) in [7, 11) is 0. The van der Waals surface area contributed by atoms with Gasteiger partial charge in [0.05, 0.1) is 18.8 Å². The van der Waals surface area contributed by atoms with Gasteiger partial charge in [-0.3, -0.25) is 4.79 Å². The van der Waals surface area contributed by atoms with Crippen LogP contribution in [0.5, 0.6) is 5.75 Å². The molecule has 1 aliphatic carbocycles. The summed E-state index contributed by atoms with van der Waals surface area (Å²) in [6.45, 7) is 2.57. The fourth-order valence-electron chi connectivity index (χ4n) is 3.78. The Bertz CT molecular complexity index is 954. The number of rotatable bonds is 5. The first-order valence-corrected chi connectivity index (χ1v) is 9.43. The van der Waals surface area contributed by atoms with Gasteiger partial charge in [0.2, 0.25) is 0 Å². The van der Waals surface area contributed by atoms with Crippen molar-refractivity contribution < 1.29 is 4.74 Å². The van der Waals surface area contributed by atoms with Crippen molar-refractivity contribution >= 4 is 11.0 Å². The predicted octanol–water partition coefficient (Wildman–Crippen LogP) is 3.61. The first kappa shape index (κ1) is 16.8. The molecule has 3 aromatic rings. The largest absolute Gasteiger partial charge is 0.494 e. The Morgan fingerprint density at radius 2 is 2.04 bits per heavy atom. The molecule has 0 aliphatic heterocycles. The Kier molecular flexibility index (Phi) is 4.73. The van der Waals surface area contributed by atoms with Crippen LogP contribution in [0, 0.1) is 0 Å². The summed E-state index contributed by atoms with van der Waals surface area (Å²) in [5, 5.41) is 5.05. The third kappa shape index (κ3) is 3.23. The minimum Gasteiger partial charge on any atom is -0.494 e. The van der Waals surface area contributed by atoms with Gasteiger partial charge in [0.25, 0.3) is 5.56 Å². The summed E-state index contributed by atoms with van der Waals surface area (Å²) in [4.78, 5) is 20.2. The number of nitrogens with zero attached hydrogens (tertiary/aromatic N) is 3. The molecule has 26 heavy (non-hydrogen) atoms. The highest BCUT2D eigenvalue weighted by Gasteiger charge is 2.20. The highest BCUT2D eigenvalue weighted by Crippen LogP contribution is 2.29. The first-order valence-electron chi connectivity index (χ1n) is 9.43. The van der Waals surface area contributed by atoms with E-state index in [1.807, 2.05) is 35.9 Å². The van der Waals surface area contributed by atoms with E-state index in [2.05, 4.69) is 10.1 Å². The number of aromatic nitrogens is 4. The van der Waals surface area contributed by atoms with Gasteiger partial charge in [0.1, 0.15) is 17.0 Å². The molecular weight excluding hydrogens is 328 g/mol. The fourth-order valence-corrected chi connectivity index (χ4v) is 3.78. The van der Waals surface area contributed by atoms with E-state index in [0.717, 1.165) is 24.2 Å². The zero-order chi connectivity index (χ0) is 17.9. The molecule has 0 amide bonds. The molecule has 6 heteroatoms. The molecule has 136 valence electrons. The second-order valence-electron chi connectivity index (χ2n) is 6.85. The maximum Gasteiger partial charge on any atom is 0.262 e.